The second-order valence-corrected chi connectivity index (χ2v) is 28.1. The van der Waals surface area contributed by atoms with Crippen LogP contribution in [-0.4, -0.2) is 185 Å². The van der Waals surface area contributed by atoms with Crippen molar-refractivity contribution in [3.8, 4) is 0 Å². The number of hydrogen-bond donors (Lipinski definition) is 13. The molecule has 3 aromatic carbocycles. The molecule has 4 unspecified atom stereocenters. The number of benzene rings is 3. The van der Waals surface area contributed by atoms with Crippen molar-refractivity contribution >= 4 is 112 Å². The molecule has 33 nitrogen and oxygen atoms in total. The summed E-state index contributed by atoms with van der Waals surface area (Å²) < 4.78 is 23.5. The normalized spacial score (nSPS) is 11.6. The molecule has 0 saturated carbocycles. The lowest BCUT2D eigenvalue weighted by atomic mass is 9.96. The fourth-order valence-corrected chi connectivity index (χ4v) is 9.91. The third kappa shape index (κ3) is 83.6. The molecule has 1 fully saturated rings. The number of hydrogen-bond acceptors (Lipinski definition) is 25. The van der Waals surface area contributed by atoms with E-state index >= 15 is 0 Å². The predicted molar refractivity (Wildman–Crippen MR) is 464 cm³/mol. The molecular weight excluding hydrogens is 1660 g/mol. The van der Waals surface area contributed by atoms with E-state index in [1.807, 2.05) is 110 Å². The number of amides is 6. The van der Waals surface area contributed by atoms with Gasteiger partial charge in [-0.3, -0.25) is 47.9 Å². The smallest absolute Gasteiger partial charge is 0.415 e. The lowest BCUT2D eigenvalue weighted by Gasteiger charge is -2.15. The van der Waals surface area contributed by atoms with Crippen molar-refractivity contribution in [1.29, 1.82) is 0 Å². The number of nitrogens with two attached hydrogens (primary N) is 5. The Morgan fingerprint density at radius 2 is 0.779 bits per heavy atom. The highest BCUT2D eigenvalue weighted by Gasteiger charge is 2.35. The van der Waals surface area contributed by atoms with Crippen molar-refractivity contribution in [2.45, 2.75) is 224 Å². The molecule has 1 saturated heterocycles. The Kier molecular flexibility index (Phi) is 95.3. The number of Topliss-reactive ketones (excluding diaryl/α,β-unsaturated/α-hetero) is 3. The van der Waals surface area contributed by atoms with E-state index in [0.29, 0.717) is 50.9 Å². The minimum Gasteiger partial charge on any atom is -1.00 e. The van der Waals surface area contributed by atoms with Crippen LogP contribution < -0.4 is 96.9 Å². The first-order chi connectivity index (χ1) is 56.4. The van der Waals surface area contributed by atoms with E-state index in [-0.39, 0.29) is 167 Å². The Bertz CT molecular complexity index is 3220. The van der Waals surface area contributed by atoms with E-state index in [4.69, 9.17) is 54.6 Å². The zero-order valence-corrected chi connectivity index (χ0v) is 77.0. The number of esters is 6. The molecule has 3 aromatic rings. The highest BCUT2D eigenvalue weighted by molar-refractivity contribution is 6.18. The molecule has 6 amide bonds. The number of alkyl carbamates (subject to hydrolysis) is 1. The molecule has 1 aliphatic heterocycles. The van der Waals surface area contributed by atoms with Gasteiger partial charge in [0.2, 0.25) is 29.5 Å². The number of alkyl halides is 2. The van der Waals surface area contributed by atoms with Crippen LogP contribution in [0, 0.1) is 23.7 Å². The summed E-state index contributed by atoms with van der Waals surface area (Å²) in [6.07, 6.45) is 11.9. The maximum atomic E-state index is 12.1. The van der Waals surface area contributed by atoms with Gasteiger partial charge in [0.15, 0.2) is 0 Å². The molecule has 22 N–H and O–H groups in total. The summed E-state index contributed by atoms with van der Waals surface area (Å²) in [5.41, 5.74) is 18.3. The summed E-state index contributed by atoms with van der Waals surface area (Å²) in [4.78, 5) is 169. The first-order valence-electron chi connectivity index (χ1n) is 40.9. The highest BCUT2D eigenvalue weighted by atomic mass is 35.5. The summed E-state index contributed by atoms with van der Waals surface area (Å²) in [5, 5.41) is 20.3. The van der Waals surface area contributed by atoms with Gasteiger partial charge in [0, 0.05) is 71.0 Å². The summed E-state index contributed by atoms with van der Waals surface area (Å²) >= 11 is 11.1. The second kappa shape index (κ2) is 90.1. The van der Waals surface area contributed by atoms with Gasteiger partial charge in [0.1, 0.15) is 43.2 Å². The van der Waals surface area contributed by atoms with Gasteiger partial charge in [-0.05, 0) is 102 Å². The van der Waals surface area contributed by atoms with E-state index in [1.165, 1.54) is 53.9 Å². The van der Waals surface area contributed by atoms with Crippen LogP contribution in [0.5, 0.6) is 0 Å². The number of cyclic esters (lactones) is 2. The molecule has 1 heterocycles. The average Bonchev–Trinajstić information content (AvgIpc) is 1.72. The van der Waals surface area contributed by atoms with Crippen molar-refractivity contribution in [1.82, 2.24) is 44.2 Å². The van der Waals surface area contributed by atoms with E-state index in [0.717, 1.165) is 114 Å². The number of quaternary nitrogens is 2. The fraction of sp³-hybridized carbons (Fsp3) is 0.612. The van der Waals surface area contributed by atoms with Gasteiger partial charge in [-0.1, -0.05) is 165 Å². The number of ketones is 3. The van der Waals surface area contributed by atoms with Gasteiger partial charge in [-0.15, -0.1) is 23.2 Å². The van der Waals surface area contributed by atoms with E-state index < -0.39 is 53.8 Å². The molecule has 0 spiro atoms. The number of carbonyl (C=O) groups excluding carboxylic acids is 15. The van der Waals surface area contributed by atoms with Crippen LogP contribution in [-0.2, 0) is 111 Å². The Morgan fingerprint density at radius 1 is 0.434 bits per heavy atom. The molecule has 0 bridgehead atoms. The standard InChI is InChI=1S/C18H25NO4.C16H23NO3.C14H28ClN3O2.C12H21ClN2O3.C12H11NO5.C5H14N2.C4H11N.C4H6O3.2ClH.2H3N/c1-3-4-10-19-18(22)16(11-14(2)20)12-17(21)23-13-15-8-6-5-7-9-15;1-3-4-10-17-16(19)13(2)11-15(18)20-12-14-8-6-5-7-9-14;1-3-5-7-18-14(20)12(4-2)11-13(19)17-10-9-16-8-6-15;1-9(16)7-11(8-10(2)17)12(18)15-6-5-14-4-3-13;14-10(6-9-11(15)18-12(16)13-9)17-7-8-4-2-1-3-5-8;6-4-2-1-3-5-7;1-2-3-4-5;1-3(5)7-4(2)6;;;;/h5-9,16H,3-4,10-13H2,1-2H3,(H,19,22);5-9,13H,3-4,10-12H2,1-2H3,(H,17,19);12,16H,3-11H2,1-2H3,(H,17,19)(H,18,20);11,14H,3-8H2,1-2H3,(H,15,18);1-5,9H,6-7H2,(H,13,16);1-7H2;2-5H2,1H3;1-2H3;2*1H;2*1H3. The van der Waals surface area contributed by atoms with Crippen molar-refractivity contribution in [2.24, 2.45) is 40.9 Å². The zero-order chi connectivity index (χ0) is 89.5. The molecule has 0 radical (unpaired) electrons. The Hall–Kier alpha value is -8.61. The zero-order valence-electron chi connectivity index (χ0n) is 74.0. The minimum atomic E-state index is -0.944. The Morgan fingerprint density at radius 3 is 1.10 bits per heavy atom. The van der Waals surface area contributed by atoms with E-state index in [9.17, 15) is 71.9 Å². The van der Waals surface area contributed by atoms with Crippen molar-refractivity contribution in [3.63, 3.8) is 0 Å². The number of halogens is 4. The Labute approximate surface area is 746 Å². The maximum Gasteiger partial charge on any atom is 0.415 e. The van der Waals surface area contributed by atoms with Crippen LogP contribution in [0.3, 0.4) is 0 Å². The van der Waals surface area contributed by atoms with Crippen LogP contribution in [0.1, 0.15) is 215 Å². The fourth-order valence-electron chi connectivity index (χ4n) is 9.60. The number of nitrogens with one attached hydrogen (secondary N) is 6. The maximum absolute atomic E-state index is 12.1. The molecule has 4 rings (SSSR count). The molecular formula is C85H147Cl4N13O20. The predicted octanol–water partition coefficient (Wildman–Crippen LogP) is 1.02. The topological polar surface area (TPSA) is 556 Å². The van der Waals surface area contributed by atoms with Gasteiger partial charge < -0.3 is 135 Å². The summed E-state index contributed by atoms with van der Waals surface area (Å²) in [6, 6.07) is 27.0. The SMILES string of the molecule is CC(=O)CC(CC(C)=O)C(=O)NCC[NH2+]CCCl.CC(=O)OC(C)=O.CCCCN.CCCCNC(=O)C(C)CC(=O)OCc1ccccc1.CCCCNC(=O)C(CC(C)=O)CC(=O)OCc1ccccc1.CCCCNC(=O)C(CC)CC(=O)NCC[NH2+]CCCl.N.N.NCCCCCN.O=C(CC1NC(=O)OC1=O)OCc1ccccc1.[Cl-].[Cl-]. The second-order valence-electron chi connectivity index (χ2n) is 27.3. The van der Waals surface area contributed by atoms with E-state index in [2.05, 4.69) is 67.5 Å². The molecule has 37 heteroatoms. The van der Waals surface area contributed by atoms with Gasteiger partial charge in [-0.25, -0.2) is 9.59 Å². The van der Waals surface area contributed by atoms with Crippen LogP contribution in [0.4, 0.5) is 4.79 Å². The first kappa shape index (κ1) is 129. The largest absolute Gasteiger partial charge is 1.00 e. The average molecular weight is 1810 g/mol. The molecule has 1 aliphatic rings. The van der Waals surface area contributed by atoms with Gasteiger partial charge in [0.25, 0.3) is 0 Å². The van der Waals surface area contributed by atoms with Gasteiger partial charge in [0.05, 0.1) is 82.1 Å². The summed E-state index contributed by atoms with van der Waals surface area (Å²) in [5.74, 6) is -4.74. The van der Waals surface area contributed by atoms with Crippen LogP contribution >= 0.6 is 23.2 Å². The quantitative estimate of drug-likeness (QED) is 0.0123. The number of carbonyl (C=O) groups is 15. The number of ether oxygens (including phenoxy) is 5. The van der Waals surface area contributed by atoms with Crippen molar-refractivity contribution in [2.75, 3.05) is 90.3 Å². The lowest BCUT2D eigenvalue weighted by Crippen LogP contribution is -3.00. The van der Waals surface area contributed by atoms with Gasteiger partial charge >= 0.3 is 41.9 Å². The Balaban J connectivity index is -0.000000209. The molecule has 0 aromatic heterocycles. The summed E-state index contributed by atoms with van der Waals surface area (Å²) in [7, 11) is 0. The van der Waals surface area contributed by atoms with Crippen molar-refractivity contribution < 1.29 is 131 Å². The van der Waals surface area contributed by atoms with Gasteiger partial charge in [-0.2, -0.15) is 0 Å². The first-order valence-corrected chi connectivity index (χ1v) is 42.0. The highest BCUT2D eigenvalue weighted by Crippen LogP contribution is 2.15. The molecule has 0 aliphatic carbocycles. The molecule has 122 heavy (non-hydrogen) atoms. The third-order valence-corrected chi connectivity index (χ3v) is 16.5. The van der Waals surface area contributed by atoms with E-state index in [1.54, 1.807) is 6.92 Å². The number of rotatable bonds is 50. The molecule has 700 valence electrons. The molecule has 4 atom stereocenters. The van der Waals surface area contributed by atoms with Crippen LogP contribution in [0.15, 0.2) is 91.0 Å². The monoisotopic (exact) mass is 1810 g/mol. The third-order valence-electron chi connectivity index (χ3n) is 16.0. The van der Waals surface area contributed by atoms with Crippen LogP contribution in [0.25, 0.3) is 0 Å². The minimum absolute atomic E-state index is 0. The van der Waals surface area contributed by atoms with Crippen molar-refractivity contribution in [3.05, 3.63) is 108 Å². The summed E-state index contributed by atoms with van der Waals surface area (Å²) in [6.45, 7) is 27.9. The number of unbranched alkanes of at least 4 members (excludes halogenated alkanes) is 6. The lowest BCUT2D eigenvalue weighted by molar-refractivity contribution is -0.649. The van der Waals surface area contributed by atoms with Crippen LogP contribution in [0.2, 0.25) is 0 Å².